The third kappa shape index (κ3) is 5.51. The van der Waals surface area contributed by atoms with Crippen molar-refractivity contribution in [3.05, 3.63) is 56.4 Å². The van der Waals surface area contributed by atoms with Gasteiger partial charge in [0.2, 0.25) is 0 Å². The minimum Gasteiger partial charge on any atom is -0.491 e. The van der Waals surface area contributed by atoms with Crippen molar-refractivity contribution in [1.29, 1.82) is 0 Å². The summed E-state index contributed by atoms with van der Waals surface area (Å²) in [6.45, 7) is 0.562. The zero-order valence-corrected chi connectivity index (χ0v) is 15.0. The van der Waals surface area contributed by atoms with Crippen LogP contribution in [0.3, 0.4) is 0 Å². The molecule has 0 bridgehead atoms. The number of aliphatic hydroxyl groups excluding tert-OH is 1. The summed E-state index contributed by atoms with van der Waals surface area (Å²) in [6, 6.07) is 13.0. The zero-order chi connectivity index (χ0) is 15.2. The largest absolute Gasteiger partial charge is 0.491 e. The Labute approximate surface area is 145 Å². The second kappa shape index (κ2) is 8.03. The van der Waals surface area contributed by atoms with Gasteiger partial charge in [0.1, 0.15) is 18.5 Å². The summed E-state index contributed by atoms with van der Waals surface area (Å²) in [6.07, 6.45) is -0.635. The van der Waals surface area contributed by atoms with Crippen LogP contribution in [-0.4, -0.2) is 24.4 Å². The minimum atomic E-state index is -0.635. The Kier molecular flexibility index (Phi) is 6.36. The number of aliphatic hydroxyl groups is 1. The summed E-state index contributed by atoms with van der Waals surface area (Å²) in [5.41, 5.74) is 0.772. The summed E-state index contributed by atoms with van der Waals surface area (Å²) in [7, 11) is 0. The third-order valence-corrected chi connectivity index (χ3v) is 4.06. The standard InChI is InChI=1S/C15H14Br2ClNO2/c16-10-1-4-13(5-2-10)21-9-12(20)8-19-15-7-11(17)3-6-14(15)18/h1-7,12,19-20H,8-9H2. The maximum Gasteiger partial charge on any atom is 0.119 e. The van der Waals surface area contributed by atoms with Crippen molar-refractivity contribution >= 4 is 49.1 Å². The first kappa shape index (κ1) is 16.6. The topological polar surface area (TPSA) is 41.5 Å². The van der Waals surface area contributed by atoms with E-state index in [2.05, 4.69) is 37.2 Å². The molecule has 0 amide bonds. The quantitative estimate of drug-likeness (QED) is 0.690. The average molecular weight is 436 g/mol. The van der Waals surface area contributed by atoms with Crippen molar-refractivity contribution in [2.75, 3.05) is 18.5 Å². The van der Waals surface area contributed by atoms with Crippen molar-refractivity contribution in [2.45, 2.75) is 6.10 Å². The van der Waals surface area contributed by atoms with Gasteiger partial charge in [0.25, 0.3) is 0 Å². The van der Waals surface area contributed by atoms with E-state index in [4.69, 9.17) is 16.3 Å². The van der Waals surface area contributed by atoms with Crippen LogP contribution in [0.2, 0.25) is 5.02 Å². The van der Waals surface area contributed by atoms with Gasteiger partial charge in [-0.25, -0.2) is 0 Å². The molecule has 0 spiro atoms. The van der Waals surface area contributed by atoms with Gasteiger partial charge in [0.15, 0.2) is 0 Å². The van der Waals surface area contributed by atoms with E-state index in [0.29, 0.717) is 11.6 Å². The number of rotatable bonds is 6. The summed E-state index contributed by atoms with van der Waals surface area (Å²) < 4.78 is 7.43. The van der Waals surface area contributed by atoms with E-state index in [9.17, 15) is 5.11 Å². The zero-order valence-electron chi connectivity index (χ0n) is 11.0. The molecule has 0 aliphatic carbocycles. The van der Waals surface area contributed by atoms with E-state index in [0.717, 1.165) is 20.4 Å². The van der Waals surface area contributed by atoms with Crippen LogP contribution in [0.25, 0.3) is 0 Å². The molecule has 112 valence electrons. The molecule has 0 aliphatic rings. The highest BCUT2D eigenvalue weighted by Gasteiger charge is 2.07. The Balaban J connectivity index is 1.80. The van der Waals surface area contributed by atoms with Gasteiger partial charge in [-0.3, -0.25) is 0 Å². The molecule has 0 radical (unpaired) electrons. The highest BCUT2D eigenvalue weighted by molar-refractivity contribution is 9.10. The van der Waals surface area contributed by atoms with Crippen molar-refractivity contribution < 1.29 is 9.84 Å². The molecule has 6 heteroatoms. The maximum atomic E-state index is 9.94. The minimum absolute atomic E-state index is 0.209. The van der Waals surface area contributed by atoms with Crippen molar-refractivity contribution in [3.63, 3.8) is 0 Å². The van der Waals surface area contributed by atoms with Gasteiger partial charge in [0, 0.05) is 15.5 Å². The van der Waals surface area contributed by atoms with Crippen LogP contribution in [0.4, 0.5) is 5.69 Å². The molecule has 0 saturated heterocycles. The predicted octanol–water partition coefficient (Wildman–Crippen LogP) is 4.72. The Morgan fingerprint density at radius 3 is 2.48 bits per heavy atom. The molecular weight excluding hydrogens is 421 g/mol. The number of nitrogens with one attached hydrogen (secondary N) is 1. The second-order valence-corrected chi connectivity index (χ2v) is 6.66. The molecule has 3 nitrogen and oxygen atoms in total. The first-order chi connectivity index (χ1) is 10.0. The van der Waals surface area contributed by atoms with Gasteiger partial charge in [-0.05, 0) is 42.5 Å². The van der Waals surface area contributed by atoms with Gasteiger partial charge in [-0.1, -0.05) is 43.5 Å². The van der Waals surface area contributed by atoms with Crippen molar-refractivity contribution in [2.24, 2.45) is 0 Å². The fraction of sp³-hybridized carbons (Fsp3) is 0.200. The van der Waals surface area contributed by atoms with E-state index in [1.165, 1.54) is 0 Å². The molecule has 1 unspecified atom stereocenters. The van der Waals surface area contributed by atoms with Crippen LogP contribution in [0.15, 0.2) is 51.4 Å². The lowest BCUT2D eigenvalue weighted by molar-refractivity contribution is 0.117. The lowest BCUT2D eigenvalue weighted by atomic mass is 10.3. The van der Waals surface area contributed by atoms with Gasteiger partial charge in [-0.2, -0.15) is 0 Å². The Morgan fingerprint density at radius 2 is 1.76 bits per heavy atom. The van der Waals surface area contributed by atoms with Gasteiger partial charge in [-0.15, -0.1) is 0 Å². The number of halogens is 3. The fourth-order valence-electron chi connectivity index (χ4n) is 1.64. The number of hydrogen-bond donors (Lipinski definition) is 2. The third-order valence-electron chi connectivity index (χ3n) is 2.71. The van der Waals surface area contributed by atoms with E-state index >= 15 is 0 Å². The van der Waals surface area contributed by atoms with Crippen LogP contribution >= 0.6 is 43.5 Å². The molecule has 0 fully saturated rings. The monoisotopic (exact) mass is 433 g/mol. The summed E-state index contributed by atoms with van der Waals surface area (Å²) in [4.78, 5) is 0. The molecule has 21 heavy (non-hydrogen) atoms. The Morgan fingerprint density at radius 1 is 1.10 bits per heavy atom. The Hall–Kier alpha value is -0.750. The predicted molar refractivity (Wildman–Crippen MR) is 93.3 cm³/mol. The van der Waals surface area contributed by atoms with E-state index in [-0.39, 0.29) is 6.61 Å². The average Bonchev–Trinajstić information content (AvgIpc) is 2.47. The van der Waals surface area contributed by atoms with Gasteiger partial charge in [0.05, 0.1) is 10.7 Å². The lowest BCUT2D eigenvalue weighted by Gasteiger charge is -2.15. The fourth-order valence-corrected chi connectivity index (χ4v) is 2.45. The molecule has 2 N–H and O–H groups in total. The number of benzene rings is 2. The van der Waals surface area contributed by atoms with E-state index in [1.807, 2.05) is 36.4 Å². The molecule has 2 rings (SSSR count). The molecule has 0 saturated carbocycles. The molecule has 0 aliphatic heterocycles. The molecule has 1 atom stereocenters. The van der Waals surface area contributed by atoms with Crippen LogP contribution in [0.1, 0.15) is 0 Å². The van der Waals surface area contributed by atoms with E-state index in [1.54, 1.807) is 6.07 Å². The smallest absolute Gasteiger partial charge is 0.119 e. The number of anilines is 1. The van der Waals surface area contributed by atoms with Crippen LogP contribution in [0.5, 0.6) is 5.75 Å². The lowest BCUT2D eigenvalue weighted by Crippen LogP contribution is -2.26. The number of ether oxygens (including phenoxy) is 1. The van der Waals surface area contributed by atoms with Gasteiger partial charge >= 0.3 is 0 Å². The normalized spacial score (nSPS) is 12.0. The van der Waals surface area contributed by atoms with Crippen LogP contribution in [0, 0.1) is 0 Å². The molecule has 2 aromatic rings. The summed E-state index contributed by atoms with van der Waals surface area (Å²) >= 11 is 12.8. The molecule has 0 aromatic heterocycles. The van der Waals surface area contributed by atoms with E-state index < -0.39 is 6.10 Å². The highest BCUT2D eigenvalue weighted by atomic mass is 79.9. The van der Waals surface area contributed by atoms with Crippen LogP contribution < -0.4 is 10.1 Å². The molecule has 2 aromatic carbocycles. The summed E-state index contributed by atoms with van der Waals surface area (Å²) in [5.74, 6) is 0.720. The van der Waals surface area contributed by atoms with Gasteiger partial charge < -0.3 is 15.2 Å². The molecular formula is C15H14Br2ClNO2. The number of hydrogen-bond acceptors (Lipinski definition) is 3. The highest BCUT2D eigenvalue weighted by Crippen LogP contribution is 2.25. The maximum absolute atomic E-state index is 9.94. The first-order valence-electron chi connectivity index (χ1n) is 6.30. The molecule has 0 heterocycles. The summed E-state index contributed by atoms with van der Waals surface area (Å²) in [5, 5.41) is 13.6. The van der Waals surface area contributed by atoms with Crippen LogP contribution in [-0.2, 0) is 0 Å². The SMILES string of the molecule is OC(CNc1cc(Br)ccc1Cl)COc1ccc(Br)cc1. The van der Waals surface area contributed by atoms with Crippen molar-refractivity contribution in [3.8, 4) is 5.75 Å². The first-order valence-corrected chi connectivity index (χ1v) is 8.26. The Bertz CT molecular complexity index is 593. The van der Waals surface area contributed by atoms with Crippen molar-refractivity contribution in [1.82, 2.24) is 0 Å². The second-order valence-electron chi connectivity index (χ2n) is 4.42.